The molecule has 3 aromatic rings. The number of nitrogens with zero attached hydrogens (tertiary/aromatic N) is 1. The molecule has 0 aliphatic carbocycles. The number of aromatic hydroxyl groups is 1. The Morgan fingerprint density at radius 3 is 2.40 bits per heavy atom. The van der Waals surface area contributed by atoms with Crippen molar-refractivity contribution in [1.82, 2.24) is 4.90 Å². The van der Waals surface area contributed by atoms with Gasteiger partial charge in [0.05, 0.1) is 12.2 Å². The molecule has 1 saturated heterocycles. The molecule has 2 aliphatic rings. The van der Waals surface area contributed by atoms with Crippen LogP contribution < -0.4 is 9.47 Å². The quantitative estimate of drug-likeness (QED) is 0.470. The average Bonchev–Trinajstić information content (AvgIpc) is 2.85. The van der Waals surface area contributed by atoms with Crippen LogP contribution in [0.1, 0.15) is 18.1 Å². The van der Waals surface area contributed by atoms with E-state index in [-0.39, 0.29) is 30.6 Å². The highest BCUT2D eigenvalue weighted by Gasteiger charge is 2.26. The molecule has 2 heterocycles. The summed E-state index contributed by atoms with van der Waals surface area (Å²) in [6.45, 7) is 5.21. The number of ether oxygens (including phenoxy) is 2. The Morgan fingerprint density at radius 2 is 1.71 bits per heavy atom. The molecule has 0 atom stereocenters. The number of rotatable bonds is 6. The van der Waals surface area contributed by atoms with Crippen molar-refractivity contribution < 1.29 is 27.8 Å². The number of alkyl halides is 1. The third kappa shape index (κ3) is 5.98. The van der Waals surface area contributed by atoms with Crippen LogP contribution in [-0.2, 0) is 0 Å². The van der Waals surface area contributed by atoms with Crippen LogP contribution in [-0.4, -0.2) is 49.5 Å². The average molecular weight is 484 g/mol. The Bertz CT molecular complexity index is 1160. The van der Waals surface area contributed by atoms with Crippen LogP contribution in [0, 0.1) is 17.6 Å². The number of phenols is 1. The molecule has 0 spiro atoms. The van der Waals surface area contributed by atoms with Gasteiger partial charge in [0.1, 0.15) is 30.5 Å². The summed E-state index contributed by atoms with van der Waals surface area (Å²) in [5, 5.41) is 9.48. The Hall–Kier alpha value is -3.45. The van der Waals surface area contributed by atoms with Gasteiger partial charge in [0.15, 0.2) is 11.6 Å². The van der Waals surface area contributed by atoms with E-state index in [0.717, 1.165) is 36.5 Å². The van der Waals surface area contributed by atoms with E-state index in [1.165, 1.54) is 18.2 Å². The summed E-state index contributed by atoms with van der Waals surface area (Å²) in [6.07, 6.45) is 0. The lowest BCUT2D eigenvalue weighted by Gasteiger charge is -2.37. The van der Waals surface area contributed by atoms with Gasteiger partial charge in [0.25, 0.3) is 0 Å². The maximum atomic E-state index is 14.1. The lowest BCUT2D eigenvalue weighted by molar-refractivity contribution is 0.0668. The van der Waals surface area contributed by atoms with E-state index in [0.29, 0.717) is 17.9 Å². The molecule has 7 heteroatoms. The Kier molecular flexibility index (Phi) is 7.98. The Morgan fingerprint density at radius 1 is 1.00 bits per heavy atom. The summed E-state index contributed by atoms with van der Waals surface area (Å²) in [4.78, 5) is 2.22. The van der Waals surface area contributed by atoms with Gasteiger partial charge in [0, 0.05) is 31.1 Å². The molecule has 5 rings (SSSR count). The van der Waals surface area contributed by atoms with Gasteiger partial charge in [-0.25, -0.2) is 8.78 Å². The van der Waals surface area contributed by atoms with Crippen molar-refractivity contribution >= 4 is 11.1 Å². The van der Waals surface area contributed by atoms with Crippen LogP contribution >= 0.6 is 0 Å². The molecular weight excluding hydrogens is 455 g/mol. The van der Waals surface area contributed by atoms with Crippen LogP contribution in [0.25, 0.3) is 11.1 Å². The highest BCUT2D eigenvalue weighted by molar-refractivity contribution is 5.94. The van der Waals surface area contributed by atoms with Crippen molar-refractivity contribution in [2.24, 2.45) is 5.92 Å². The maximum absolute atomic E-state index is 14.1. The molecule has 35 heavy (non-hydrogen) atoms. The van der Waals surface area contributed by atoms with Crippen molar-refractivity contribution in [2.45, 2.75) is 6.92 Å². The van der Waals surface area contributed by atoms with Crippen LogP contribution in [0.4, 0.5) is 13.2 Å². The first-order valence-corrected chi connectivity index (χ1v) is 11.5. The van der Waals surface area contributed by atoms with Gasteiger partial charge in [-0.15, -0.1) is 0 Å². The summed E-state index contributed by atoms with van der Waals surface area (Å²) in [5.41, 5.74) is 2.50. The van der Waals surface area contributed by atoms with Gasteiger partial charge in [0.2, 0.25) is 0 Å². The monoisotopic (exact) mass is 483 g/mol. The van der Waals surface area contributed by atoms with Crippen LogP contribution in [0.15, 0.2) is 66.7 Å². The predicted molar refractivity (Wildman–Crippen MR) is 130 cm³/mol. The van der Waals surface area contributed by atoms with Crippen molar-refractivity contribution in [3.05, 3.63) is 89.5 Å². The molecule has 4 nitrogen and oxygen atoms in total. The van der Waals surface area contributed by atoms with Gasteiger partial charge < -0.3 is 14.6 Å². The van der Waals surface area contributed by atoms with E-state index < -0.39 is 11.6 Å². The summed E-state index contributed by atoms with van der Waals surface area (Å²) in [6, 6.07) is 18.5. The van der Waals surface area contributed by atoms with Crippen LogP contribution in [0.3, 0.4) is 0 Å². The fraction of sp³-hybridized carbons (Fsp3) is 0.286. The van der Waals surface area contributed by atoms with Crippen LogP contribution in [0.5, 0.6) is 17.2 Å². The number of likely N-dealkylation sites (tertiary alicyclic amines) is 1. The van der Waals surface area contributed by atoms with E-state index in [2.05, 4.69) is 4.90 Å². The first-order valence-electron chi connectivity index (χ1n) is 11.5. The number of phenolic OH excluding ortho intramolecular Hbond substituents is 1. The van der Waals surface area contributed by atoms with Gasteiger partial charge >= 0.3 is 0 Å². The maximum Gasteiger partial charge on any atom is 0.176 e. The van der Waals surface area contributed by atoms with Crippen molar-refractivity contribution in [2.75, 3.05) is 39.5 Å². The molecule has 0 unspecified atom stereocenters. The number of halogens is 3. The number of fused-ring (bicyclic) bond motifs is 1. The number of hydrogen-bond donors (Lipinski definition) is 1. The predicted octanol–water partition coefficient (Wildman–Crippen LogP) is 5.96. The first kappa shape index (κ1) is 24.7. The summed E-state index contributed by atoms with van der Waals surface area (Å²) < 4.78 is 50.2. The van der Waals surface area contributed by atoms with Gasteiger partial charge in [-0.1, -0.05) is 30.3 Å². The van der Waals surface area contributed by atoms with Crippen molar-refractivity contribution in [3.8, 4) is 17.2 Å². The highest BCUT2D eigenvalue weighted by Crippen LogP contribution is 2.40. The summed E-state index contributed by atoms with van der Waals surface area (Å²) >= 11 is 0. The number of allylic oxidation sites excluding steroid dienone is 1. The summed E-state index contributed by atoms with van der Waals surface area (Å²) in [7, 11) is 0. The number of benzene rings is 3. The molecule has 0 aromatic heterocycles. The van der Waals surface area contributed by atoms with Gasteiger partial charge in [-0.3, -0.25) is 9.29 Å². The Labute approximate surface area is 203 Å². The topological polar surface area (TPSA) is 41.9 Å². The fourth-order valence-corrected chi connectivity index (χ4v) is 4.14. The SMILES string of the molecule is CC1=C(c2ccc(F)cc2)COc2ccc(O)c(F)c21.FCC1CN(CCOc2ccccc2)C1. The second kappa shape index (κ2) is 11.3. The fourth-order valence-electron chi connectivity index (χ4n) is 4.14. The zero-order valence-electron chi connectivity index (χ0n) is 19.5. The highest BCUT2D eigenvalue weighted by atomic mass is 19.1. The van der Waals surface area contributed by atoms with Crippen molar-refractivity contribution in [3.63, 3.8) is 0 Å². The molecule has 1 N–H and O–H groups in total. The number of para-hydroxylation sites is 1. The molecule has 0 radical (unpaired) electrons. The molecule has 0 bridgehead atoms. The van der Waals surface area contributed by atoms with Gasteiger partial charge in [-0.05, 0) is 54.5 Å². The minimum atomic E-state index is -0.695. The molecule has 2 aliphatic heterocycles. The zero-order valence-corrected chi connectivity index (χ0v) is 19.5. The van der Waals surface area contributed by atoms with E-state index in [1.807, 2.05) is 30.3 Å². The lowest BCUT2D eigenvalue weighted by atomic mass is 9.93. The molecule has 184 valence electrons. The third-order valence-corrected chi connectivity index (χ3v) is 6.15. The molecule has 3 aromatic carbocycles. The third-order valence-electron chi connectivity index (χ3n) is 6.15. The van der Waals surface area contributed by atoms with E-state index >= 15 is 0 Å². The first-order chi connectivity index (χ1) is 17.0. The largest absolute Gasteiger partial charge is 0.505 e. The van der Waals surface area contributed by atoms with Crippen LogP contribution in [0.2, 0.25) is 0 Å². The Balaban J connectivity index is 0.000000172. The van der Waals surface area contributed by atoms with E-state index in [4.69, 9.17) is 9.47 Å². The smallest absolute Gasteiger partial charge is 0.176 e. The zero-order chi connectivity index (χ0) is 24.8. The molecule has 0 amide bonds. The number of hydrogen-bond acceptors (Lipinski definition) is 4. The lowest BCUT2D eigenvalue weighted by Crippen LogP contribution is -2.49. The minimum absolute atomic E-state index is 0.184. The molecular formula is C28H28F3NO3. The van der Waals surface area contributed by atoms with E-state index in [1.54, 1.807) is 25.1 Å². The van der Waals surface area contributed by atoms with Crippen molar-refractivity contribution in [1.29, 1.82) is 0 Å². The van der Waals surface area contributed by atoms with E-state index in [9.17, 15) is 18.3 Å². The molecule has 0 saturated carbocycles. The molecule has 1 fully saturated rings. The second-order valence-corrected chi connectivity index (χ2v) is 8.61. The minimum Gasteiger partial charge on any atom is -0.505 e. The second-order valence-electron chi connectivity index (χ2n) is 8.61. The normalized spacial score (nSPS) is 15.4. The standard InChI is InChI=1S/C16H12F2O2.C12H16FNO/c1-9-12(10-2-4-11(17)5-3-10)8-20-14-7-6-13(19)16(18)15(9)14;13-8-11-9-14(10-11)6-7-15-12-4-2-1-3-5-12/h2-7,19H,8H2,1H3;1-5,11H,6-10H2. The van der Waals surface area contributed by atoms with Gasteiger partial charge in [-0.2, -0.15) is 0 Å². The summed E-state index contributed by atoms with van der Waals surface area (Å²) in [5.74, 6) is 0.143.